The summed E-state index contributed by atoms with van der Waals surface area (Å²) in [5.41, 5.74) is 0. The van der Waals surface area contributed by atoms with Crippen molar-refractivity contribution in [1.82, 2.24) is 0 Å². The molecule has 0 aliphatic rings. The molecule has 0 unspecified atom stereocenters. The number of hydrogen-bond donors (Lipinski definition) is 1. The highest BCUT2D eigenvalue weighted by Gasteiger charge is 1.62. The van der Waals surface area contributed by atoms with Gasteiger partial charge in [-0.3, -0.25) is 0 Å². The summed E-state index contributed by atoms with van der Waals surface area (Å²) in [4.78, 5) is 9.44. The van der Waals surface area contributed by atoms with Gasteiger partial charge in [-0.1, -0.05) is 6.58 Å². The van der Waals surface area contributed by atoms with E-state index in [1.165, 1.54) is 13.8 Å². The Hall–Kier alpha value is -0.790. The fourth-order valence-corrected chi connectivity index (χ4v) is 0. The van der Waals surface area contributed by atoms with Crippen LogP contribution in [0.25, 0.3) is 0 Å². The molecule has 2 nitrogen and oxygen atoms in total. The van der Waals surface area contributed by atoms with Gasteiger partial charge in [0.25, 0.3) is 0 Å². The highest BCUT2D eigenvalue weighted by molar-refractivity contribution is 5.72. The first-order valence-corrected chi connectivity index (χ1v) is 1.87. The Balaban J connectivity index is 0. The molecule has 2 heteroatoms. The van der Waals surface area contributed by atoms with Crippen LogP contribution >= 0.6 is 0 Å². The minimum absolute atomic E-state index is 0.167. The Labute approximate surface area is 43.5 Å². The quantitative estimate of drug-likeness (QED) is 0.468. The van der Waals surface area contributed by atoms with Gasteiger partial charge in [-0.05, 0) is 13.8 Å². The molecule has 0 spiro atoms. The summed E-state index contributed by atoms with van der Waals surface area (Å²) in [6, 6.07) is 0. The number of carbonyl (C=O) groups is 1. The van der Waals surface area contributed by atoms with Crippen LogP contribution in [0.5, 0.6) is 0 Å². The van der Waals surface area contributed by atoms with E-state index in [0.717, 1.165) is 6.26 Å². The fraction of sp³-hybridized carbons (Fsp3) is 0.400. The minimum Gasteiger partial charge on any atom is -0.516 e. The molecule has 0 saturated heterocycles. The number of Topliss-reactive ketones (excluding diaryl/α,β-unsaturated/α-hetero) is 1. The van der Waals surface area contributed by atoms with E-state index in [1.807, 2.05) is 0 Å². The molecule has 0 aliphatic carbocycles. The first-order chi connectivity index (χ1) is 3.15. The van der Waals surface area contributed by atoms with Crippen LogP contribution in [0.4, 0.5) is 0 Å². The van der Waals surface area contributed by atoms with Crippen LogP contribution in [0.15, 0.2) is 12.8 Å². The lowest BCUT2D eigenvalue weighted by atomic mass is 10.6. The number of aliphatic hydroxyl groups is 1. The Kier molecular flexibility index (Phi) is 12.2. The average molecular weight is 102 g/mol. The van der Waals surface area contributed by atoms with Gasteiger partial charge in [0, 0.05) is 0 Å². The lowest BCUT2D eigenvalue weighted by Crippen LogP contribution is -1.69. The Bertz CT molecular complexity index is 53.1. The summed E-state index contributed by atoms with van der Waals surface area (Å²) >= 11 is 0. The molecule has 0 aromatic carbocycles. The summed E-state index contributed by atoms with van der Waals surface area (Å²) in [6.07, 6.45) is 0.750. The highest BCUT2D eigenvalue weighted by Crippen LogP contribution is 1.50. The van der Waals surface area contributed by atoms with Gasteiger partial charge in [-0.15, -0.1) is 0 Å². The van der Waals surface area contributed by atoms with Crippen molar-refractivity contribution in [2.45, 2.75) is 13.8 Å². The Morgan fingerprint density at radius 3 is 1.71 bits per heavy atom. The largest absolute Gasteiger partial charge is 0.516 e. The second kappa shape index (κ2) is 8.96. The second-order valence-corrected chi connectivity index (χ2v) is 1.09. The van der Waals surface area contributed by atoms with Gasteiger partial charge in [0.1, 0.15) is 5.78 Å². The van der Waals surface area contributed by atoms with Gasteiger partial charge in [0.05, 0.1) is 6.26 Å². The number of rotatable bonds is 0. The molecule has 0 rings (SSSR count). The first-order valence-electron chi connectivity index (χ1n) is 1.87. The molecule has 1 N–H and O–H groups in total. The zero-order valence-corrected chi connectivity index (χ0v) is 4.64. The highest BCUT2D eigenvalue weighted by atomic mass is 16.2. The molecule has 0 atom stereocenters. The van der Waals surface area contributed by atoms with Crippen molar-refractivity contribution in [2.24, 2.45) is 0 Å². The van der Waals surface area contributed by atoms with Crippen molar-refractivity contribution < 1.29 is 9.90 Å². The third kappa shape index (κ3) is 86.0. The van der Waals surface area contributed by atoms with E-state index < -0.39 is 0 Å². The standard InChI is InChI=1S/C3H6O.C2H4O/c1-3(2)4;1-2-3/h1-2H3;2-3H,1H2. The van der Waals surface area contributed by atoms with Gasteiger partial charge >= 0.3 is 0 Å². The first kappa shape index (κ1) is 9.51. The lowest BCUT2D eigenvalue weighted by molar-refractivity contribution is -0.114. The van der Waals surface area contributed by atoms with Crippen molar-refractivity contribution in [3.63, 3.8) is 0 Å². The van der Waals surface area contributed by atoms with E-state index in [2.05, 4.69) is 6.58 Å². The third-order valence-corrected chi connectivity index (χ3v) is 0. The van der Waals surface area contributed by atoms with Crippen LogP contribution in [0.1, 0.15) is 13.8 Å². The average Bonchev–Trinajstić information content (AvgIpc) is 1.33. The molecule has 42 valence electrons. The SMILES string of the molecule is C=CO.CC(C)=O. The normalized spacial score (nSPS) is 5.43. The van der Waals surface area contributed by atoms with Crippen molar-refractivity contribution in [3.05, 3.63) is 12.8 Å². The molecule has 0 amide bonds. The van der Waals surface area contributed by atoms with Crippen LogP contribution in [-0.4, -0.2) is 10.9 Å². The fourth-order valence-electron chi connectivity index (χ4n) is 0. The summed E-state index contributed by atoms with van der Waals surface area (Å²) in [5, 5.41) is 7.33. The molecular formula is C5H10O2. The van der Waals surface area contributed by atoms with Gasteiger partial charge in [-0.2, -0.15) is 0 Å². The summed E-state index contributed by atoms with van der Waals surface area (Å²) in [5.74, 6) is 0.167. The topological polar surface area (TPSA) is 37.3 Å². The summed E-state index contributed by atoms with van der Waals surface area (Å²) in [6.45, 7) is 5.97. The van der Waals surface area contributed by atoms with Gasteiger partial charge in [0.15, 0.2) is 0 Å². The van der Waals surface area contributed by atoms with Crippen molar-refractivity contribution in [2.75, 3.05) is 0 Å². The predicted octanol–water partition coefficient (Wildman–Crippen LogP) is 1.28. The van der Waals surface area contributed by atoms with E-state index in [-0.39, 0.29) is 5.78 Å². The van der Waals surface area contributed by atoms with E-state index in [4.69, 9.17) is 5.11 Å². The second-order valence-electron chi connectivity index (χ2n) is 1.09. The van der Waals surface area contributed by atoms with Gasteiger partial charge in [-0.25, -0.2) is 0 Å². The third-order valence-electron chi connectivity index (χ3n) is 0. The van der Waals surface area contributed by atoms with Crippen LogP contribution < -0.4 is 0 Å². The van der Waals surface area contributed by atoms with Crippen LogP contribution in [-0.2, 0) is 4.79 Å². The number of ketones is 1. The maximum absolute atomic E-state index is 9.44. The molecule has 0 saturated carbocycles. The van der Waals surface area contributed by atoms with Crippen LogP contribution in [0, 0.1) is 0 Å². The maximum Gasteiger partial charge on any atom is 0.126 e. The zero-order valence-electron chi connectivity index (χ0n) is 4.64. The summed E-state index contributed by atoms with van der Waals surface area (Å²) in [7, 11) is 0. The van der Waals surface area contributed by atoms with Gasteiger partial charge in [0.2, 0.25) is 0 Å². The zero-order chi connectivity index (χ0) is 6.28. The number of carbonyl (C=O) groups excluding carboxylic acids is 1. The van der Waals surface area contributed by atoms with E-state index >= 15 is 0 Å². The minimum atomic E-state index is 0.167. The Morgan fingerprint density at radius 1 is 1.71 bits per heavy atom. The van der Waals surface area contributed by atoms with Gasteiger partial charge < -0.3 is 9.90 Å². The molecule has 0 aliphatic heterocycles. The molecule has 7 heavy (non-hydrogen) atoms. The molecule has 0 fully saturated rings. The van der Waals surface area contributed by atoms with E-state index in [1.54, 1.807) is 0 Å². The van der Waals surface area contributed by atoms with Crippen molar-refractivity contribution in [1.29, 1.82) is 0 Å². The molecule has 0 aromatic rings. The lowest BCUT2D eigenvalue weighted by Gasteiger charge is -1.56. The van der Waals surface area contributed by atoms with E-state index in [0.29, 0.717) is 0 Å². The monoisotopic (exact) mass is 102 g/mol. The van der Waals surface area contributed by atoms with E-state index in [9.17, 15) is 4.79 Å². The van der Waals surface area contributed by atoms with Crippen LogP contribution in [0.2, 0.25) is 0 Å². The molecule has 0 bridgehead atoms. The predicted molar refractivity (Wildman–Crippen MR) is 29.2 cm³/mol. The smallest absolute Gasteiger partial charge is 0.126 e. The van der Waals surface area contributed by atoms with Crippen molar-refractivity contribution >= 4 is 5.78 Å². The number of hydrogen-bond acceptors (Lipinski definition) is 2. The number of aliphatic hydroxyl groups excluding tert-OH is 1. The van der Waals surface area contributed by atoms with Crippen molar-refractivity contribution in [3.8, 4) is 0 Å². The molecular weight excluding hydrogens is 92.1 g/mol. The maximum atomic E-state index is 9.44. The molecule has 0 heterocycles. The summed E-state index contributed by atoms with van der Waals surface area (Å²) < 4.78 is 0. The molecule has 0 radical (unpaired) electrons. The van der Waals surface area contributed by atoms with Crippen LogP contribution in [0.3, 0.4) is 0 Å². The Morgan fingerprint density at radius 2 is 1.71 bits per heavy atom. The molecule has 0 aromatic heterocycles.